The summed E-state index contributed by atoms with van der Waals surface area (Å²) in [5.74, 6) is 0.372. The molecule has 3 rings (SSSR count). The molecule has 2 aliphatic rings. The summed E-state index contributed by atoms with van der Waals surface area (Å²) in [4.78, 5) is 16.1. The number of aliphatic imine (C=N–C) groups is 1. The average Bonchev–Trinajstić information content (AvgIpc) is 2.82. The molecule has 0 spiro atoms. The predicted molar refractivity (Wildman–Crippen MR) is 82.1 cm³/mol. The van der Waals surface area contributed by atoms with E-state index in [2.05, 4.69) is 22.4 Å². The van der Waals surface area contributed by atoms with Crippen molar-refractivity contribution in [2.45, 2.75) is 38.1 Å². The lowest BCUT2D eigenvalue weighted by Gasteiger charge is -2.24. The lowest BCUT2D eigenvalue weighted by atomic mass is 9.85. The van der Waals surface area contributed by atoms with Crippen LogP contribution in [-0.2, 0) is 16.0 Å². The highest BCUT2D eigenvalue weighted by Crippen LogP contribution is 2.27. The van der Waals surface area contributed by atoms with Gasteiger partial charge in [-0.25, -0.2) is 4.99 Å². The van der Waals surface area contributed by atoms with E-state index >= 15 is 0 Å². The molecule has 1 unspecified atom stereocenters. The molecular weight excluding hydrogens is 266 g/mol. The number of benzene rings is 1. The van der Waals surface area contributed by atoms with Gasteiger partial charge in [-0.05, 0) is 43.4 Å². The quantitative estimate of drug-likeness (QED) is 0.870. The van der Waals surface area contributed by atoms with E-state index in [1.54, 1.807) is 0 Å². The van der Waals surface area contributed by atoms with Crippen molar-refractivity contribution in [3.05, 3.63) is 29.8 Å². The van der Waals surface area contributed by atoms with Crippen molar-refractivity contribution >= 4 is 17.6 Å². The number of anilines is 1. The summed E-state index contributed by atoms with van der Waals surface area (Å²) in [7, 11) is 0. The molecule has 1 aliphatic heterocycles. The molecule has 1 aromatic carbocycles. The minimum Gasteiger partial charge on any atom is -0.463 e. The molecule has 3 N–H and O–H groups in total. The zero-order valence-corrected chi connectivity index (χ0v) is 12.0. The lowest BCUT2D eigenvalue weighted by molar-refractivity contribution is -0.122. The molecule has 1 heterocycles. The van der Waals surface area contributed by atoms with Crippen LogP contribution in [0.25, 0.3) is 0 Å². The minimum atomic E-state index is 0.155. The van der Waals surface area contributed by atoms with Gasteiger partial charge in [-0.3, -0.25) is 4.79 Å². The van der Waals surface area contributed by atoms with Crippen LogP contribution in [0.4, 0.5) is 5.69 Å². The molecule has 1 aromatic rings. The Morgan fingerprint density at radius 3 is 2.67 bits per heavy atom. The maximum absolute atomic E-state index is 11.9. The third-order valence-electron chi connectivity index (χ3n) is 4.20. The number of nitrogens with one attached hydrogen (secondary N) is 1. The first-order valence-electron chi connectivity index (χ1n) is 7.56. The highest BCUT2D eigenvalue weighted by molar-refractivity contribution is 5.92. The Labute approximate surface area is 124 Å². The van der Waals surface area contributed by atoms with Crippen LogP contribution in [0.2, 0.25) is 0 Å². The topological polar surface area (TPSA) is 76.7 Å². The zero-order chi connectivity index (χ0) is 14.7. The van der Waals surface area contributed by atoms with Gasteiger partial charge < -0.3 is 15.8 Å². The van der Waals surface area contributed by atoms with E-state index in [0.717, 1.165) is 31.4 Å². The number of nitrogens with zero attached hydrogens (tertiary/aromatic N) is 1. The standard InChI is InChI=1S/C16H21N3O2/c17-16-19-14(10-21-16)9-6-11-4-7-13(8-5-11)18-15(20)12-2-1-3-12/h4-5,7-8,12,14H,1-3,6,9-10H2,(H2,17,19)(H,18,20). The van der Waals surface area contributed by atoms with Gasteiger partial charge in [-0.15, -0.1) is 0 Å². The second kappa shape index (κ2) is 6.16. The SMILES string of the molecule is NC1=NC(CCc2ccc(NC(=O)C3CCC3)cc2)CO1. The maximum Gasteiger partial charge on any atom is 0.282 e. The molecule has 1 aliphatic carbocycles. The van der Waals surface area contributed by atoms with Gasteiger partial charge in [0.25, 0.3) is 6.02 Å². The van der Waals surface area contributed by atoms with E-state index in [9.17, 15) is 4.79 Å². The monoisotopic (exact) mass is 287 g/mol. The number of amidine groups is 1. The first-order chi connectivity index (χ1) is 10.2. The number of carbonyl (C=O) groups excluding carboxylic acids is 1. The van der Waals surface area contributed by atoms with E-state index in [-0.39, 0.29) is 17.9 Å². The van der Waals surface area contributed by atoms with Crippen molar-refractivity contribution in [1.82, 2.24) is 0 Å². The smallest absolute Gasteiger partial charge is 0.282 e. The molecule has 1 atom stereocenters. The number of ether oxygens (including phenoxy) is 1. The average molecular weight is 287 g/mol. The Kier molecular flexibility index (Phi) is 4.08. The van der Waals surface area contributed by atoms with Gasteiger partial charge in [-0.2, -0.15) is 0 Å². The van der Waals surface area contributed by atoms with E-state index in [4.69, 9.17) is 10.5 Å². The van der Waals surface area contributed by atoms with E-state index in [1.165, 1.54) is 12.0 Å². The molecule has 21 heavy (non-hydrogen) atoms. The minimum absolute atomic E-state index is 0.155. The first kappa shape index (κ1) is 13.9. The summed E-state index contributed by atoms with van der Waals surface area (Å²) in [6.45, 7) is 0.585. The molecule has 5 nitrogen and oxygen atoms in total. The van der Waals surface area contributed by atoms with Gasteiger partial charge >= 0.3 is 0 Å². The van der Waals surface area contributed by atoms with Gasteiger partial charge in [0, 0.05) is 11.6 Å². The Bertz CT molecular complexity index is 535. The van der Waals surface area contributed by atoms with Crippen LogP contribution in [0.1, 0.15) is 31.2 Å². The van der Waals surface area contributed by atoms with E-state index in [1.807, 2.05) is 12.1 Å². The summed E-state index contributed by atoms with van der Waals surface area (Å²) in [5, 5.41) is 2.98. The lowest BCUT2D eigenvalue weighted by Crippen LogP contribution is -2.27. The van der Waals surface area contributed by atoms with Crippen molar-refractivity contribution in [3.63, 3.8) is 0 Å². The third-order valence-corrected chi connectivity index (χ3v) is 4.20. The van der Waals surface area contributed by atoms with E-state index < -0.39 is 0 Å². The summed E-state index contributed by atoms with van der Waals surface area (Å²) in [6.07, 6.45) is 5.08. The fourth-order valence-corrected chi connectivity index (χ4v) is 2.59. The van der Waals surface area contributed by atoms with Crippen LogP contribution >= 0.6 is 0 Å². The summed E-state index contributed by atoms with van der Waals surface area (Å²) < 4.78 is 5.14. The largest absolute Gasteiger partial charge is 0.463 e. The zero-order valence-electron chi connectivity index (χ0n) is 12.0. The van der Waals surface area contributed by atoms with Crippen LogP contribution in [-0.4, -0.2) is 24.6 Å². The van der Waals surface area contributed by atoms with Crippen molar-refractivity contribution in [2.24, 2.45) is 16.6 Å². The van der Waals surface area contributed by atoms with Crippen molar-refractivity contribution < 1.29 is 9.53 Å². The molecule has 1 amide bonds. The molecule has 0 bridgehead atoms. The second-order valence-electron chi connectivity index (χ2n) is 5.78. The normalized spacial score (nSPS) is 21.3. The molecule has 5 heteroatoms. The van der Waals surface area contributed by atoms with Gasteiger partial charge in [0.2, 0.25) is 5.91 Å². The van der Waals surface area contributed by atoms with Crippen LogP contribution in [0.5, 0.6) is 0 Å². The number of nitrogens with two attached hydrogens (primary N) is 1. The number of hydrogen-bond donors (Lipinski definition) is 2. The molecule has 1 saturated carbocycles. The van der Waals surface area contributed by atoms with Crippen LogP contribution in [0.3, 0.4) is 0 Å². The number of rotatable bonds is 5. The highest BCUT2D eigenvalue weighted by Gasteiger charge is 2.25. The number of aryl methyl sites for hydroxylation is 1. The Morgan fingerprint density at radius 2 is 2.10 bits per heavy atom. The number of carbonyl (C=O) groups is 1. The number of hydrogen-bond acceptors (Lipinski definition) is 4. The molecular formula is C16H21N3O2. The summed E-state index contributed by atoms with van der Waals surface area (Å²) in [5.41, 5.74) is 7.60. The van der Waals surface area contributed by atoms with E-state index in [0.29, 0.717) is 12.6 Å². The van der Waals surface area contributed by atoms with Crippen molar-refractivity contribution in [3.8, 4) is 0 Å². The fraction of sp³-hybridized carbons (Fsp3) is 0.500. The fourth-order valence-electron chi connectivity index (χ4n) is 2.59. The molecule has 0 saturated heterocycles. The van der Waals surface area contributed by atoms with Gasteiger partial charge in [0.15, 0.2) is 0 Å². The predicted octanol–water partition coefficient (Wildman–Crippen LogP) is 2.07. The Balaban J connectivity index is 1.48. The van der Waals surface area contributed by atoms with Gasteiger partial charge in [0.1, 0.15) is 6.61 Å². The van der Waals surface area contributed by atoms with Crippen molar-refractivity contribution in [2.75, 3.05) is 11.9 Å². The van der Waals surface area contributed by atoms with Gasteiger partial charge in [-0.1, -0.05) is 18.6 Å². The van der Waals surface area contributed by atoms with Gasteiger partial charge in [0.05, 0.1) is 6.04 Å². The number of amides is 1. The molecule has 0 aromatic heterocycles. The summed E-state index contributed by atoms with van der Waals surface area (Å²) in [6, 6.07) is 8.51. The molecule has 112 valence electrons. The highest BCUT2D eigenvalue weighted by atomic mass is 16.5. The van der Waals surface area contributed by atoms with Crippen molar-refractivity contribution in [1.29, 1.82) is 0 Å². The van der Waals surface area contributed by atoms with Crippen LogP contribution < -0.4 is 11.1 Å². The first-order valence-corrected chi connectivity index (χ1v) is 7.56. The summed E-state index contributed by atoms with van der Waals surface area (Å²) >= 11 is 0. The Hall–Kier alpha value is -2.04. The van der Waals surface area contributed by atoms with Crippen LogP contribution in [0.15, 0.2) is 29.3 Å². The Morgan fingerprint density at radius 1 is 1.33 bits per heavy atom. The maximum atomic E-state index is 11.9. The second-order valence-corrected chi connectivity index (χ2v) is 5.78. The molecule has 1 fully saturated rings. The molecule has 0 radical (unpaired) electrons. The third kappa shape index (κ3) is 3.54. The van der Waals surface area contributed by atoms with Crippen LogP contribution in [0, 0.1) is 5.92 Å².